The SMILES string of the molecule is COc1cccc(-c2c(C)n(CC3=C(C(F)(F)F)CCC=C3F)c(=O)n(CC(N)c3ccccc3OCCCC(=O)O)c2=O)c1F. The van der Waals surface area contributed by atoms with E-state index in [0.29, 0.717) is 10.1 Å². The molecule has 14 heteroatoms. The molecule has 9 nitrogen and oxygen atoms in total. The molecule has 46 heavy (non-hydrogen) atoms. The second kappa shape index (κ2) is 14.1. The molecule has 2 aromatic carbocycles. The first kappa shape index (κ1) is 34.2. The summed E-state index contributed by atoms with van der Waals surface area (Å²) in [5.74, 6) is -3.08. The van der Waals surface area contributed by atoms with Gasteiger partial charge in [-0.05, 0) is 44.4 Å². The van der Waals surface area contributed by atoms with Gasteiger partial charge in [0.2, 0.25) is 0 Å². The summed E-state index contributed by atoms with van der Waals surface area (Å²) < 4.78 is 84.5. The molecule has 0 fully saturated rings. The number of aromatic nitrogens is 2. The zero-order chi connectivity index (χ0) is 33.8. The molecular formula is C32H32F5N3O6. The largest absolute Gasteiger partial charge is 0.494 e. The second-order valence-corrected chi connectivity index (χ2v) is 10.6. The third kappa shape index (κ3) is 7.22. The van der Waals surface area contributed by atoms with E-state index in [9.17, 15) is 31.9 Å². The third-order valence-electron chi connectivity index (χ3n) is 7.66. The van der Waals surface area contributed by atoms with Crippen LogP contribution >= 0.6 is 0 Å². The maximum absolute atomic E-state index is 15.5. The predicted molar refractivity (Wildman–Crippen MR) is 159 cm³/mol. The fraction of sp³-hybridized carbons (Fsp3) is 0.344. The summed E-state index contributed by atoms with van der Waals surface area (Å²) in [4.78, 5) is 38.7. The van der Waals surface area contributed by atoms with Crippen LogP contribution < -0.4 is 26.5 Å². The molecule has 0 aliphatic heterocycles. The average molecular weight is 650 g/mol. The molecule has 1 aliphatic rings. The van der Waals surface area contributed by atoms with Crippen LogP contribution in [0.1, 0.15) is 43.0 Å². The summed E-state index contributed by atoms with van der Waals surface area (Å²) in [5, 5.41) is 8.88. The molecule has 1 aliphatic carbocycles. The molecule has 0 saturated heterocycles. The number of alkyl halides is 3. The number of allylic oxidation sites excluding steroid dienone is 4. The number of carboxylic acids is 1. The number of halogens is 5. The number of nitrogens with two attached hydrogens (primary N) is 1. The number of ether oxygens (including phenoxy) is 2. The number of benzene rings is 2. The summed E-state index contributed by atoms with van der Waals surface area (Å²) in [7, 11) is 1.21. The van der Waals surface area contributed by atoms with Gasteiger partial charge >= 0.3 is 17.8 Å². The molecule has 0 bridgehead atoms. The van der Waals surface area contributed by atoms with E-state index in [0.717, 1.165) is 10.6 Å². The van der Waals surface area contributed by atoms with E-state index < -0.39 is 71.7 Å². The summed E-state index contributed by atoms with van der Waals surface area (Å²) in [6.07, 6.45) is -4.54. The Morgan fingerprint density at radius 3 is 2.43 bits per heavy atom. The van der Waals surface area contributed by atoms with Gasteiger partial charge in [0, 0.05) is 34.4 Å². The molecule has 0 spiro atoms. The lowest BCUT2D eigenvalue weighted by Crippen LogP contribution is -2.44. The van der Waals surface area contributed by atoms with Gasteiger partial charge in [-0.25, -0.2) is 13.6 Å². The van der Waals surface area contributed by atoms with E-state index in [-0.39, 0.29) is 54.2 Å². The number of hydrogen-bond donors (Lipinski definition) is 2. The van der Waals surface area contributed by atoms with Crippen molar-refractivity contribution in [2.24, 2.45) is 5.73 Å². The van der Waals surface area contributed by atoms with Crippen LogP contribution in [0.25, 0.3) is 11.1 Å². The van der Waals surface area contributed by atoms with Gasteiger partial charge < -0.3 is 20.3 Å². The highest BCUT2D eigenvalue weighted by Gasteiger charge is 2.38. The Balaban J connectivity index is 1.88. The van der Waals surface area contributed by atoms with E-state index >= 15 is 4.39 Å². The van der Waals surface area contributed by atoms with Crippen LogP contribution in [0.4, 0.5) is 22.0 Å². The van der Waals surface area contributed by atoms with Gasteiger partial charge in [-0.1, -0.05) is 30.3 Å². The Morgan fingerprint density at radius 1 is 1.07 bits per heavy atom. The molecule has 0 amide bonds. The van der Waals surface area contributed by atoms with Gasteiger partial charge in [0.25, 0.3) is 5.56 Å². The van der Waals surface area contributed by atoms with Crippen molar-refractivity contribution in [2.75, 3.05) is 13.7 Å². The third-order valence-corrected chi connectivity index (χ3v) is 7.66. The number of carbonyl (C=O) groups is 1. The Hall–Kier alpha value is -4.72. The number of para-hydroxylation sites is 1. The fourth-order valence-corrected chi connectivity index (χ4v) is 5.34. The van der Waals surface area contributed by atoms with Gasteiger partial charge in [-0.3, -0.25) is 18.7 Å². The molecule has 0 saturated carbocycles. The Labute approximate surface area is 260 Å². The predicted octanol–water partition coefficient (Wildman–Crippen LogP) is 5.58. The lowest BCUT2D eigenvalue weighted by atomic mass is 9.95. The van der Waals surface area contributed by atoms with Crippen LogP contribution in [-0.4, -0.2) is 40.1 Å². The Bertz CT molecular complexity index is 1810. The van der Waals surface area contributed by atoms with Crippen molar-refractivity contribution in [1.82, 2.24) is 9.13 Å². The number of carboxylic acid groups (broad SMARTS) is 1. The second-order valence-electron chi connectivity index (χ2n) is 10.6. The maximum atomic E-state index is 15.5. The summed E-state index contributed by atoms with van der Waals surface area (Å²) >= 11 is 0. The van der Waals surface area contributed by atoms with Crippen LogP contribution in [0, 0.1) is 12.7 Å². The molecule has 3 N–H and O–H groups in total. The lowest BCUT2D eigenvalue weighted by molar-refractivity contribution is -0.137. The zero-order valence-corrected chi connectivity index (χ0v) is 25.0. The highest BCUT2D eigenvalue weighted by molar-refractivity contribution is 5.68. The minimum absolute atomic E-state index is 0.0301. The van der Waals surface area contributed by atoms with Crippen molar-refractivity contribution >= 4 is 5.97 Å². The Morgan fingerprint density at radius 2 is 1.76 bits per heavy atom. The van der Waals surface area contributed by atoms with Gasteiger partial charge in [0.05, 0.1) is 38.4 Å². The molecule has 1 heterocycles. The van der Waals surface area contributed by atoms with Crippen LogP contribution in [-0.2, 0) is 17.9 Å². The molecule has 0 radical (unpaired) electrons. The number of nitrogens with zero attached hydrogens (tertiary/aromatic N) is 2. The molecular weight excluding hydrogens is 617 g/mol. The molecule has 246 valence electrons. The smallest absolute Gasteiger partial charge is 0.413 e. The van der Waals surface area contributed by atoms with Crippen LogP contribution in [0.15, 0.2) is 75.1 Å². The average Bonchev–Trinajstić information content (AvgIpc) is 3.00. The van der Waals surface area contributed by atoms with E-state index in [2.05, 4.69) is 0 Å². The lowest BCUT2D eigenvalue weighted by Gasteiger charge is -2.24. The minimum Gasteiger partial charge on any atom is -0.494 e. The van der Waals surface area contributed by atoms with E-state index in [1.54, 1.807) is 24.3 Å². The van der Waals surface area contributed by atoms with Crippen molar-refractivity contribution in [3.05, 3.63) is 103 Å². The van der Waals surface area contributed by atoms with E-state index in [1.807, 2.05) is 0 Å². The van der Waals surface area contributed by atoms with Crippen molar-refractivity contribution in [3.8, 4) is 22.6 Å². The topological polar surface area (TPSA) is 126 Å². The zero-order valence-electron chi connectivity index (χ0n) is 25.0. The molecule has 1 atom stereocenters. The monoisotopic (exact) mass is 649 g/mol. The Kier molecular flexibility index (Phi) is 10.5. The van der Waals surface area contributed by atoms with Crippen molar-refractivity contribution in [2.45, 2.75) is 57.9 Å². The van der Waals surface area contributed by atoms with Crippen molar-refractivity contribution in [3.63, 3.8) is 0 Å². The van der Waals surface area contributed by atoms with E-state index in [4.69, 9.17) is 20.3 Å². The van der Waals surface area contributed by atoms with Crippen LogP contribution in [0.2, 0.25) is 0 Å². The van der Waals surface area contributed by atoms with Crippen LogP contribution in [0.5, 0.6) is 11.5 Å². The number of aliphatic carboxylic acids is 1. The van der Waals surface area contributed by atoms with Crippen molar-refractivity contribution < 1.29 is 41.3 Å². The van der Waals surface area contributed by atoms with Crippen molar-refractivity contribution in [1.29, 1.82) is 0 Å². The first-order chi connectivity index (χ1) is 21.8. The van der Waals surface area contributed by atoms with Gasteiger partial charge in [0.15, 0.2) is 11.6 Å². The fourth-order valence-electron chi connectivity index (χ4n) is 5.34. The van der Waals surface area contributed by atoms with E-state index in [1.165, 1.54) is 32.2 Å². The summed E-state index contributed by atoms with van der Waals surface area (Å²) in [6, 6.07) is 9.24. The summed E-state index contributed by atoms with van der Waals surface area (Å²) in [5.41, 5.74) is 1.99. The number of hydrogen-bond acceptors (Lipinski definition) is 6. The first-order valence-corrected chi connectivity index (χ1v) is 14.3. The number of methoxy groups -OCH3 is 1. The highest BCUT2D eigenvalue weighted by Crippen LogP contribution is 2.39. The van der Waals surface area contributed by atoms with Gasteiger partial charge in [-0.2, -0.15) is 13.2 Å². The molecule has 4 rings (SSSR count). The number of rotatable bonds is 12. The van der Waals surface area contributed by atoms with Crippen LogP contribution in [0.3, 0.4) is 0 Å². The quantitative estimate of drug-likeness (QED) is 0.194. The highest BCUT2D eigenvalue weighted by atomic mass is 19.4. The minimum atomic E-state index is -4.88. The van der Waals surface area contributed by atoms with Gasteiger partial charge in [0.1, 0.15) is 11.6 Å². The first-order valence-electron chi connectivity index (χ1n) is 14.3. The molecule has 1 aromatic heterocycles. The standard InChI is InChI=1S/C32H32F5N3O6/c1-18-28(20-9-5-13-26(45-2)29(20)34)30(43)40(17-24(38)19-8-3-4-12-25(19)46-15-7-14-27(41)42)31(44)39(18)16-21-22(32(35,36)37)10-6-11-23(21)33/h3-5,8-9,11-13,24H,6-7,10,14-17,38H2,1-2H3,(H,41,42). The molecule has 1 unspecified atom stereocenters. The summed E-state index contributed by atoms with van der Waals surface area (Å²) in [6.45, 7) is -0.114. The molecule has 3 aromatic rings. The normalized spacial score (nSPS) is 14.2. The maximum Gasteiger partial charge on any atom is 0.413 e. The van der Waals surface area contributed by atoms with Gasteiger partial charge in [-0.15, -0.1) is 0 Å².